The highest BCUT2D eigenvalue weighted by atomic mass is 32.2. The first kappa shape index (κ1) is 32.0. The van der Waals surface area contributed by atoms with E-state index in [1.54, 1.807) is 30.3 Å². The summed E-state index contributed by atoms with van der Waals surface area (Å²) < 4.78 is 54.2. The SMILES string of the molecule is COc1ccc(Cc2ccc(S(=O)(=O)N[C@@H](CCC(=O)O)C(=O)O)cc2)c2c(OCCCOP(=O)(O)O)cccc12. The molecule has 0 aliphatic carbocycles. The number of rotatable bonds is 16. The van der Waals surface area contributed by atoms with Crippen LogP contribution in [0.5, 0.6) is 11.5 Å². The predicted molar refractivity (Wildman–Crippen MR) is 146 cm³/mol. The van der Waals surface area contributed by atoms with Gasteiger partial charge >= 0.3 is 19.8 Å². The minimum Gasteiger partial charge on any atom is -0.496 e. The van der Waals surface area contributed by atoms with Gasteiger partial charge in [-0.05, 0) is 48.2 Å². The molecule has 222 valence electrons. The smallest absolute Gasteiger partial charge is 0.469 e. The van der Waals surface area contributed by atoms with E-state index in [0.29, 0.717) is 17.9 Å². The zero-order valence-electron chi connectivity index (χ0n) is 21.9. The molecule has 0 spiro atoms. The van der Waals surface area contributed by atoms with Crippen LogP contribution >= 0.6 is 7.82 Å². The topological polar surface area (TPSA) is 206 Å². The highest BCUT2D eigenvalue weighted by Gasteiger charge is 2.26. The number of hydrogen-bond donors (Lipinski definition) is 5. The summed E-state index contributed by atoms with van der Waals surface area (Å²) in [6.45, 7) is -0.0682. The van der Waals surface area contributed by atoms with Gasteiger partial charge in [0.25, 0.3) is 0 Å². The van der Waals surface area contributed by atoms with Crippen LogP contribution in [0.1, 0.15) is 30.4 Å². The second-order valence-corrected chi connectivity index (χ2v) is 11.9. The summed E-state index contributed by atoms with van der Waals surface area (Å²) in [5, 5.41) is 19.6. The van der Waals surface area contributed by atoms with Crippen LogP contribution in [0.4, 0.5) is 0 Å². The van der Waals surface area contributed by atoms with Crippen LogP contribution in [0.2, 0.25) is 0 Å². The molecular weight excluding hydrogens is 581 g/mol. The third kappa shape index (κ3) is 9.25. The molecule has 15 heteroatoms. The number of methoxy groups -OCH3 is 1. The molecule has 0 radical (unpaired) electrons. The number of hydrogen-bond acceptors (Lipinski definition) is 8. The van der Waals surface area contributed by atoms with Gasteiger partial charge in [-0.2, -0.15) is 4.72 Å². The Morgan fingerprint density at radius 1 is 0.976 bits per heavy atom. The molecule has 0 saturated heterocycles. The Morgan fingerprint density at radius 2 is 1.68 bits per heavy atom. The van der Waals surface area contributed by atoms with E-state index in [2.05, 4.69) is 4.52 Å². The minimum absolute atomic E-state index is 0.124. The van der Waals surface area contributed by atoms with Crippen molar-refractivity contribution >= 4 is 40.6 Å². The zero-order chi connectivity index (χ0) is 30.2. The molecule has 0 saturated carbocycles. The second kappa shape index (κ2) is 13.9. The van der Waals surface area contributed by atoms with Gasteiger partial charge in [0.2, 0.25) is 10.0 Å². The van der Waals surface area contributed by atoms with Crippen molar-refractivity contribution in [3.63, 3.8) is 0 Å². The molecule has 0 aliphatic rings. The van der Waals surface area contributed by atoms with E-state index >= 15 is 0 Å². The molecule has 0 heterocycles. The first-order chi connectivity index (χ1) is 19.3. The quantitative estimate of drug-likeness (QED) is 0.117. The lowest BCUT2D eigenvalue weighted by atomic mass is 9.97. The fourth-order valence-electron chi connectivity index (χ4n) is 4.05. The van der Waals surface area contributed by atoms with Gasteiger partial charge in [-0.15, -0.1) is 0 Å². The number of carboxylic acid groups (broad SMARTS) is 2. The minimum atomic E-state index is -4.57. The van der Waals surface area contributed by atoms with Gasteiger partial charge in [-0.25, -0.2) is 13.0 Å². The Balaban J connectivity index is 1.82. The number of aliphatic carboxylic acids is 2. The van der Waals surface area contributed by atoms with Crippen molar-refractivity contribution in [2.75, 3.05) is 20.3 Å². The zero-order valence-corrected chi connectivity index (χ0v) is 23.6. The van der Waals surface area contributed by atoms with Gasteiger partial charge in [0, 0.05) is 23.6 Å². The molecule has 41 heavy (non-hydrogen) atoms. The van der Waals surface area contributed by atoms with Crippen molar-refractivity contribution in [1.29, 1.82) is 0 Å². The van der Waals surface area contributed by atoms with E-state index in [9.17, 15) is 27.7 Å². The van der Waals surface area contributed by atoms with Gasteiger partial charge in [-0.1, -0.05) is 30.3 Å². The summed E-state index contributed by atoms with van der Waals surface area (Å²) in [4.78, 5) is 39.7. The van der Waals surface area contributed by atoms with Crippen LogP contribution < -0.4 is 14.2 Å². The third-order valence-corrected chi connectivity index (χ3v) is 7.95. The largest absolute Gasteiger partial charge is 0.496 e. The number of ether oxygens (including phenoxy) is 2. The summed E-state index contributed by atoms with van der Waals surface area (Å²) in [7, 11) is -7.27. The molecule has 13 nitrogen and oxygen atoms in total. The van der Waals surface area contributed by atoms with Gasteiger partial charge in [0.05, 0.1) is 25.2 Å². The van der Waals surface area contributed by atoms with Gasteiger partial charge in [0.15, 0.2) is 0 Å². The molecule has 0 amide bonds. The van der Waals surface area contributed by atoms with Crippen LogP contribution in [0.15, 0.2) is 59.5 Å². The van der Waals surface area contributed by atoms with Crippen LogP contribution in [0.25, 0.3) is 10.8 Å². The van der Waals surface area contributed by atoms with Crippen LogP contribution in [-0.2, 0) is 35.1 Å². The first-order valence-corrected chi connectivity index (χ1v) is 15.3. The Bertz CT molecular complexity index is 1540. The highest BCUT2D eigenvalue weighted by molar-refractivity contribution is 7.89. The Hall–Kier alpha value is -3.52. The summed E-state index contributed by atoms with van der Waals surface area (Å²) in [6, 6.07) is 13.3. The molecule has 0 aliphatic heterocycles. The summed E-state index contributed by atoms with van der Waals surface area (Å²) >= 11 is 0. The maximum atomic E-state index is 12.7. The maximum Gasteiger partial charge on any atom is 0.469 e. The number of nitrogens with one attached hydrogen (secondary N) is 1. The normalized spacial score (nSPS) is 12.7. The van der Waals surface area contributed by atoms with E-state index in [4.69, 9.17) is 24.4 Å². The van der Waals surface area contributed by atoms with E-state index in [0.717, 1.165) is 21.9 Å². The lowest BCUT2D eigenvalue weighted by Gasteiger charge is -2.16. The van der Waals surface area contributed by atoms with Crippen LogP contribution in [0, 0.1) is 0 Å². The number of benzene rings is 3. The molecule has 3 aromatic carbocycles. The number of fused-ring (bicyclic) bond motifs is 1. The molecule has 1 atom stereocenters. The predicted octanol–water partition coefficient (Wildman–Crippen LogP) is 2.91. The Kier molecular flexibility index (Phi) is 10.8. The number of phosphoric ester groups is 1. The van der Waals surface area contributed by atoms with Gasteiger partial charge < -0.3 is 29.5 Å². The highest BCUT2D eigenvalue weighted by Crippen LogP contribution is 2.37. The summed E-state index contributed by atoms with van der Waals surface area (Å²) in [6.07, 6.45) is -0.329. The molecule has 3 rings (SSSR count). The van der Waals surface area contributed by atoms with E-state index in [-0.39, 0.29) is 24.5 Å². The second-order valence-electron chi connectivity index (χ2n) is 8.90. The Labute approximate surface area is 236 Å². The van der Waals surface area contributed by atoms with Crippen molar-refractivity contribution < 1.29 is 56.6 Å². The van der Waals surface area contributed by atoms with Gasteiger partial charge in [0.1, 0.15) is 17.5 Å². The molecule has 5 N–H and O–H groups in total. The van der Waals surface area contributed by atoms with Crippen molar-refractivity contribution in [2.24, 2.45) is 0 Å². The van der Waals surface area contributed by atoms with E-state index in [1.165, 1.54) is 19.2 Å². The third-order valence-electron chi connectivity index (χ3n) is 5.94. The van der Waals surface area contributed by atoms with E-state index < -0.39 is 48.7 Å². The number of phosphoric acid groups is 1. The van der Waals surface area contributed by atoms with Crippen molar-refractivity contribution in [3.05, 3.63) is 65.7 Å². The van der Waals surface area contributed by atoms with Crippen molar-refractivity contribution in [2.45, 2.75) is 36.6 Å². The fraction of sp³-hybridized carbons (Fsp3) is 0.308. The number of sulfonamides is 1. The molecule has 0 unspecified atom stereocenters. The average molecular weight is 612 g/mol. The summed E-state index contributed by atoms with van der Waals surface area (Å²) in [5.74, 6) is -1.61. The van der Waals surface area contributed by atoms with Crippen molar-refractivity contribution in [1.82, 2.24) is 4.72 Å². The standard InChI is InChI=1S/C26H30NO12PS/c1-37-22-12-8-18(25-20(22)4-2-5-23(25)38-14-3-15-39-40(32,33)34)16-17-6-9-19(10-7-17)41(35,36)27-21(26(30)31)11-13-24(28)29/h2,4-10,12,21,27H,3,11,13-16H2,1H3,(H,28,29)(H,30,31)(H2,32,33,34)/t21-/m0/s1. The van der Waals surface area contributed by atoms with Gasteiger partial charge in [-0.3, -0.25) is 14.1 Å². The summed E-state index contributed by atoms with van der Waals surface area (Å²) in [5.41, 5.74) is 1.57. The Morgan fingerprint density at radius 3 is 2.29 bits per heavy atom. The van der Waals surface area contributed by atoms with E-state index in [1.807, 2.05) is 16.9 Å². The average Bonchev–Trinajstić information content (AvgIpc) is 2.90. The lowest BCUT2D eigenvalue weighted by Crippen LogP contribution is -2.41. The maximum absolute atomic E-state index is 12.7. The molecule has 0 fully saturated rings. The fourth-order valence-corrected chi connectivity index (χ4v) is 5.64. The van der Waals surface area contributed by atoms with Crippen LogP contribution in [0.3, 0.4) is 0 Å². The number of carbonyl (C=O) groups is 2. The molecule has 0 aromatic heterocycles. The lowest BCUT2D eigenvalue weighted by molar-refractivity contribution is -0.140. The van der Waals surface area contributed by atoms with Crippen molar-refractivity contribution in [3.8, 4) is 11.5 Å². The monoisotopic (exact) mass is 611 g/mol. The first-order valence-electron chi connectivity index (χ1n) is 12.3. The molecule has 0 bridgehead atoms. The molecule has 3 aromatic rings. The number of carboxylic acids is 2. The molecular formula is C26H30NO12PS. The van der Waals surface area contributed by atoms with Crippen LogP contribution in [-0.4, -0.2) is 66.7 Å².